The lowest BCUT2D eigenvalue weighted by Gasteiger charge is -2.19. The number of aromatic nitrogens is 3. The van der Waals surface area contributed by atoms with E-state index in [0.29, 0.717) is 18.9 Å². The number of unbranched alkanes of at least 4 members (excludes halogenated alkanes) is 15. The van der Waals surface area contributed by atoms with E-state index in [-0.39, 0.29) is 39.6 Å². The Morgan fingerprint density at radius 2 is 1.25 bits per heavy atom. The number of nitrogens with zero attached hydrogens (tertiary/aromatic N) is 3. The maximum Gasteiger partial charge on any atom is 0.490 e. The van der Waals surface area contributed by atoms with Crippen molar-refractivity contribution in [1.82, 2.24) is 15.0 Å². The first kappa shape index (κ1) is 48.6. The molecule has 0 saturated carbocycles. The van der Waals surface area contributed by atoms with Gasteiger partial charge in [0.25, 0.3) is 0 Å². The second-order valence-corrected chi connectivity index (χ2v) is 12.5. The molecule has 14 nitrogen and oxygen atoms in total. The van der Waals surface area contributed by atoms with Gasteiger partial charge in [-0.3, -0.25) is 4.79 Å². The molecule has 51 heavy (non-hydrogen) atoms. The lowest BCUT2D eigenvalue weighted by atomic mass is 10.0. The third-order valence-electron chi connectivity index (χ3n) is 7.62. The molecule has 0 radical (unpaired) electrons. The number of hydrogen-bond acceptors (Lipinski definition) is 12. The highest BCUT2D eigenvalue weighted by Gasteiger charge is 2.38. The van der Waals surface area contributed by atoms with Crippen molar-refractivity contribution < 1.29 is 62.1 Å². The predicted octanol–water partition coefficient (Wildman–Crippen LogP) is 4.48. The van der Waals surface area contributed by atoms with E-state index >= 15 is 0 Å². The number of nitrogens with two attached hydrogens (primary N) is 1. The molecule has 3 atom stereocenters. The van der Waals surface area contributed by atoms with Crippen molar-refractivity contribution in [3.8, 4) is 0 Å². The third-order valence-corrected chi connectivity index (χ3v) is 7.62. The summed E-state index contributed by atoms with van der Waals surface area (Å²) in [6.07, 6.45) is 16.0. The lowest BCUT2D eigenvalue weighted by Crippen LogP contribution is -2.29. The Hall–Kier alpha value is -2.41. The van der Waals surface area contributed by atoms with E-state index in [9.17, 15) is 28.2 Å². The number of hydrogen-bond donors (Lipinski definition) is 5. The summed E-state index contributed by atoms with van der Waals surface area (Å²) in [5, 5.41) is 44.0. The molecule has 0 fully saturated rings. The fraction of sp³-hybridized carbons (Fsp3) is 0.882. The summed E-state index contributed by atoms with van der Waals surface area (Å²) in [7, 11) is 0. The molecular weight excluding hydrogens is 681 g/mol. The highest BCUT2D eigenvalue weighted by atomic mass is 19.4. The molecule has 300 valence electrons. The van der Waals surface area contributed by atoms with Gasteiger partial charge < -0.3 is 45.1 Å². The Balaban J connectivity index is 0.00000321. The molecule has 0 aromatic carbocycles. The van der Waals surface area contributed by atoms with Crippen LogP contribution in [0.4, 0.5) is 13.2 Å². The number of carbonyl (C=O) groups is 2. The van der Waals surface area contributed by atoms with Gasteiger partial charge in [0.2, 0.25) is 0 Å². The van der Waals surface area contributed by atoms with Gasteiger partial charge in [-0.15, -0.1) is 5.10 Å². The maximum atomic E-state index is 11.1. The summed E-state index contributed by atoms with van der Waals surface area (Å²) >= 11 is 0. The zero-order valence-electron chi connectivity index (χ0n) is 30.3. The SMILES string of the molecule is CCCCCCCCCCCCCCCCCCOCc1cn(C(COCC(O)CO)COCC(O)COC(=O)CN)nn1.O=C(O)C(F)(F)F. The molecule has 0 aliphatic carbocycles. The van der Waals surface area contributed by atoms with Gasteiger partial charge in [-0.2, -0.15) is 13.2 Å². The van der Waals surface area contributed by atoms with E-state index in [4.69, 9.17) is 39.7 Å². The van der Waals surface area contributed by atoms with Crippen LogP contribution in [-0.4, -0.2) is 119 Å². The van der Waals surface area contributed by atoms with E-state index < -0.39 is 43.0 Å². The Bertz CT molecular complexity index is 975. The Morgan fingerprint density at radius 1 is 0.784 bits per heavy atom. The second kappa shape index (κ2) is 32.3. The first-order chi connectivity index (χ1) is 24.4. The largest absolute Gasteiger partial charge is 0.490 e. The predicted molar refractivity (Wildman–Crippen MR) is 183 cm³/mol. The van der Waals surface area contributed by atoms with E-state index in [0.717, 1.165) is 6.42 Å². The van der Waals surface area contributed by atoms with Gasteiger partial charge in [-0.1, -0.05) is 108 Å². The summed E-state index contributed by atoms with van der Waals surface area (Å²) < 4.78 is 55.0. The minimum absolute atomic E-state index is 0.0470. The number of halogens is 3. The standard InChI is InChI=1S/C32H62N4O8.C2HF3O2/c1-2-3-4-5-6-7-8-9-10-11-12-13-14-15-16-17-18-41-22-28-20-36(35-34-28)29(23-42-25-30(38)21-37)24-43-26-31(39)27-44-32(40)19-33;3-2(4,5)1(6)7/h20,29-31,37-39H,2-19,21-27,33H2,1H3;(H,6,7). The molecule has 6 N–H and O–H groups in total. The van der Waals surface area contributed by atoms with Crippen LogP contribution in [0.25, 0.3) is 0 Å². The van der Waals surface area contributed by atoms with Crippen LogP contribution >= 0.6 is 0 Å². The van der Waals surface area contributed by atoms with Gasteiger partial charge in [0.1, 0.15) is 30.6 Å². The van der Waals surface area contributed by atoms with Crippen molar-refractivity contribution >= 4 is 11.9 Å². The first-order valence-electron chi connectivity index (χ1n) is 18.2. The van der Waals surface area contributed by atoms with E-state index in [1.165, 1.54) is 96.3 Å². The minimum atomic E-state index is -5.08. The third kappa shape index (κ3) is 29.8. The van der Waals surface area contributed by atoms with Crippen molar-refractivity contribution in [3.63, 3.8) is 0 Å². The number of rotatable bonds is 32. The van der Waals surface area contributed by atoms with Gasteiger partial charge in [-0.05, 0) is 6.42 Å². The summed E-state index contributed by atoms with van der Waals surface area (Å²) in [5.74, 6) is -3.36. The van der Waals surface area contributed by atoms with Crippen LogP contribution in [0.1, 0.15) is 121 Å². The van der Waals surface area contributed by atoms with Crippen LogP contribution in [0.5, 0.6) is 0 Å². The number of esters is 1. The minimum Gasteiger partial charge on any atom is -0.475 e. The Morgan fingerprint density at radius 3 is 1.71 bits per heavy atom. The van der Waals surface area contributed by atoms with Crippen LogP contribution < -0.4 is 5.73 Å². The van der Waals surface area contributed by atoms with Crippen molar-refractivity contribution in [3.05, 3.63) is 11.9 Å². The summed E-state index contributed by atoms with van der Waals surface area (Å²) in [4.78, 5) is 20.0. The number of alkyl halides is 3. The molecule has 0 aliphatic rings. The monoisotopic (exact) mass is 744 g/mol. The molecular formula is C34H63F3N4O10. The number of aliphatic hydroxyl groups excluding tert-OH is 3. The number of ether oxygens (including phenoxy) is 4. The highest BCUT2D eigenvalue weighted by Crippen LogP contribution is 2.15. The fourth-order valence-electron chi connectivity index (χ4n) is 4.72. The topological polar surface area (TPSA) is 209 Å². The van der Waals surface area contributed by atoms with Crippen molar-refractivity contribution in [2.24, 2.45) is 5.73 Å². The van der Waals surface area contributed by atoms with Crippen LogP contribution in [0.3, 0.4) is 0 Å². The van der Waals surface area contributed by atoms with Gasteiger partial charge in [-0.25, -0.2) is 9.48 Å². The molecule has 0 spiro atoms. The quantitative estimate of drug-likeness (QED) is 0.0510. The smallest absolute Gasteiger partial charge is 0.475 e. The maximum absolute atomic E-state index is 11.1. The normalized spacial score (nSPS) is 13.3. The molecule has 1 aromatic rings. The van der Waals surface area contributed by atoms with Crippen LogP contribution in [0.2, 0.25) is 0 Å². The first-order valence-corrected chi connectivity index (χ1v) is 18.2. The lowest BCUT2D eigenvalue weighted by molar-refractivity contribution is -0.192. The molecule has 1 aromatic heterocycles. The second-order valence-electron chi connectivity index (χ2n) is 12.5. The van der Waals surface area contributed by atoms with E-state index in [2.05, 4.69) is 17.2 Å². The Labute approximate surface area is 300 Å². The number of aliphatic carboxylic acids is 1. The summed E-state index contributed by atoms with van der Waals surface area (Å²) in [6.45, 7) is 2.55. The Kier molecular flexibility index (Phi) is 30.7. The van der Waals surface area contributed by atoms with E-state index in [1.807, 2.05) is 0 Å². The van der Waals surface area contributed by atoms with Crippen molar-refractivity contribution in [1.29, 1.82) is 0 Å². The number of carboxylic acid groups (broad SMARTS) is 1. The van der Waals surface area contributed by atoms with E-state index in [1.54, 1.807) is 10.9 Å². The van der Waals surface area contributed by atoms with Gasteiger partial charge in [0.15, 0.2) is 0 Å². The molecule has 17 heteroatoms. The zero-order valence-corrected chi connectivity index (χ0v) is 30.3. The number of carboxylic acids is 1. The van der Waals surface area contributed by atoms with Crippen LogP contribution in [-0.2, 0) is 35.1 Å². The molecule has 0 bridgehead atoms. The molecule has 1 heterocycles. The summed E-state index contributed by atoms with van der Waals surface area (Å²) in [5.41, 5.74) is 5.86. The molecule has 0 amide bonds. The molecule has 0 saturated heterocycles. The van der Waals surface area contributed by atoms with Gasteiger partial charge >= 0.3 is 18.1 Å². The summed E-state index contributed by atoms with van der Waals surface area (Å²) in [6, 6.07) is -0.402. The average molecular weight is 745 g/mol. The van der Waals surface area contributed by atoms with Gasteiger partial charge in [0, 0.05) is 6.61 Å². The van der Waals surface area contributed by atoms with Crippen molar-refractivity contribution in [2.45, 2.75) is 141 Å². The average Bonchev–Trinajstić information content (AvgIpc) is 3.57. The molecule has 1 rings (SSSR count). The number of aliphatic hydroxyl groups is 3. The molecule has 0 aliphatic heterocycles. The zero-order chi connectivity index (χ0) is 38.2. The highest BCUT2D eigenvalue weighted by molar-refractivity contribution is 5.73. The molecule has 3 unspecified atom stereocenters. The van der Waals surface area contributed by atoms with Crippen LogP contribution in [0.15, 0.2) is 6.20 Å². The van der Waals surface area contributed by atoms with Gasteiger partial charge in [0.05, 0.1) is 52.4 Å². The fourth-order valence-corrected chi connectivity index (χ4v) is 4.72. The van der Waals surface area contributed by atoms with Crippen molar-refractivity contribution in [2.75, 3.05) is 52.8 Å². The number of carbonyl (C=O) groups excluding carboxylic acids is 1. The van der Waals surface area contributed by atoms with Crippen LogP contribution in [0, 0.1) is 0 Å².